The molecule has 0 spiro atoms. The van der Waals surface area contributed by atoms with Gasteiger partial charge in [-0.1, -0.05) is 12.1 Å². The molecular formula is C11H9ClFN3O2. The predicted molar refractivity (Wildman–Crippen MR) is 62.5 cm³/mol. The topological polar surface area (TPSA) is 57.1 Å². The van der Waals surface area contributed by atoms with Crippen molar-refractivity contribution in [3.05, 3.63) is 35.4 Å². The zero-order valence-corrected chi connectivity index (χ0v) is 10.2. The van der Waals surface area contributed by atoms with Crippen LogP contribution >= 0.6 is 11.6 Å². The van der Waals surface area contributed by atoms with Crippen molar-refractivity contribution in [3.8, 4) is 17.8 Å². The molecule has 0 aliphatic rings. The van der Waals surface area contributed by atoms with Crippen LogP contribution in [0.5, 0.6) is 17.8 Å². The number of aromatic nitrogens is 3. The summed E-state index contributed by atoms with van der Waals surface area (Å²) in [5.41, 5.74) is 0. The van der Waals surface area contributed by atoms with E-state index in [1.165, 1.54) is 12.1 Å². The Morgan fingerprint density at radius 3 is 2.61 bits per heavy atom. The van der Waals surface area contributed by atoms with E-state index in [0.29, 0.717) is 6.61 Å². The lowest BCUT2D eigenvalue weighted by atomic mass is 10.3. The van der Waals surface area contributed by atoms with Gasteiger partial charge in [-0.25, -0.2) is 4.39 Å². The van der Waals surface area contributed by atoms with Gasteiger partial charge in [-0.3, -0.25) is 0 Å². The molecule has 0 fully saturated rings. The number of ether oxygens (including phenoxy) is 2. The standard InChI is InChI=1S/C11H9ClFN3O2/c1-2-17-10-14-9(12)15-11(16-10)18-8-6-4-3-5-7(8)13/h3-6H,2H2,1H3. The second-order valence-electron chi connectivity index (χ2n) is 3.14. The quantitative estimate of drug-likeness (QED) is 0.854. The minimum absolute atomic E-state index is 0.00205. The van der Waals surface area contributed by atoms with Crippen molar-refractivity contribution in [2.75, 3.05) is 6.61 Å². The molecule has 2 aromatic rings. The molecule has 1 heterocycles. The number of rotatable bonds is 4. The van der Waals surface area contributed by atoms with Crippen molar-refractivity contribution >= 4 is 11.6 Å². The zero-order valence-electron chi connectivity index (χ0n) is 9.43. The lowest BCUT2D eigenvalue weighted by molar-refractivity contribution is 0.301. The second kappa shape index (κ2) is 5.59. The smallest absolute Gasteiger partial charge is 0.329 e. The van der Waals surface area contributed by atoms with Gasteiger partial charge in [0, 0.05) is 0 Å². The molecule has 5 nitrogen and oxygen atoms in total. The van der Waals surface area contributed by atoms with E-state index in [1.54, 1.807) is 19.1 Å². The van der Waals surface area contributed by atoms with E-state index in [4.69, 9.17) is 21.1 Å². The van der Waals surface area contributed by atoms with Gasteiger partial charge in [0.05, 0.1) is 6.61 Å². The van der Waals surface area contributed by atoms with E-state index in [1.807, 2.05) is 0 Å². The normalized spacial score (nSPS) is 10.2. The summed E-state index contributed by atoms with van der Waals surface area (Å²) in [7, 11) is 0. The fraction of sp³-hybridized carbons (Fsp3) is 0.182. The summed E-state index contributed by atoms with van der Waals surface area (Å²) in [6.45, 7) is 2.15. The van der Waals surface area contributed by atoms with Crippen LogP contribution in [0.3, 0.4) is 0 Å². The SMILES string of the molecule is CCOc1nc(Cl)nc(Oc2ccccc2F)n1. The molecule has 0 N–H and O–H groups in total. The largest absolute Gasteiger partial charge is 0.464 e. The van der Waals surface area contributed by atoms with Crippen LogP contribution < -0.4 is 9.47 Å². The van der Waals surface area contributed by atoms with Gasteiger partial charge in [0.1, 0.15) is 0 Å². The molecule has 0 saturated heterocycles. The third-order valence-corrected chi connectivity index (χ3v) is 2.05. The van der Waals surface area contributed by atoms with E-state index >= 15 is 0 Å². The number of nitrogens with zero attached hydrogens (tertiary/aromatic N) is 3. The highest BCUT2D eigenvalue weighted by atomic mass is 35.5. The first-order chi connectivity index (χ1) is 8.69. The first-order valence-electron chi connectivity index (χ1n) is 5.16. The van der Waals surface area contributed by atoms with Crippen LogP contribution in [0.1, 0.15) is 6.92 Å². The van der Waals surface area contributed by atoms with E-state index in [-0.39, 0.29) is 23.1 Å². The molecule has 0 radical (unpaired) electrons. The molecule has 18 heavy (non-hydrogen) atoms. The molecule has 1 aromatic heterocycles. The molecule has 0 unspecified atom stereocenters. The number of para-hydroxylation sites is 1. The van der Waals surface area contributed by atoms with Crippen LogP contribution in [0.25, 0.3) is 0 Å². The first-order valence-corrected chi connectivity index (χ1v) is 5.53. The Bertz CT molecular complexity index is 554. The Kier molecular flexibility index (Phi) is 3.88. The minimum Gasteiger partial charge on any atom is -0.464 e. The lowest BCUT2D eigenvalue weighted by Crippen LogP contribution is -2.02. The van der Waals surface area contributed by atoms with Crippen LogP contribution in [0, 0.1) is 5.82 Å². The molecule has 1 aromatic carbocycles. The van der Waals surface area contributed by atoms with Crippen molar-refractivity contribution in [3.63, 3.8) is 0 Å². The van der Waals surface area contributed by atoms with Crippen LogP contribution in [0.2, 0.25) is 5.28 Å². The summed E-state index contributed by atoms with van der Waals surface area (Å²) < 4.78 is 23.6. The highest BCUT2D eigenvalue weighted by molar-refractivity contribution is 6.28. The van der Waals surface area contributed by atoms with Gasteiger partial charge in [0.2, 0.25) is 5.28 Å². The van der Waals surface area contributed by atoms with Crippen LogP contribution in [0.4, 0.5) is 4.39 Å². The Morgan fingerprint density at radius 1 is 1.17 bits per heavy atom. The van der Waals surface area contributed by atoms with Gasteiger partial charge < -0.3 is 9.47 Å². The molecule has 94 valence electrons. The third kappa shape index (κ3) is 3.04. The van der Waals surface area contributed by atoms with Crippen molar-refractivity contribution in [1.82, 2.24) is 15.0 Å². The summed E-state index contributed by atoms with van der Waals surface area (Å²) in [5, 5.41) is -0.0835. The van der Waals surface area contributed by atoms with E-state index in [2.05, 4.69) is 15.0 Å². The van der Waals surface area contributed by atoms with Gasteiger partial charge >= 0.3 is 12.0 Å². The van der Waals surface area contributed by atoms with Gasteiger partial charge in [-0.05, 0) is 30.7 Å². The summed E-state index contributed by atoms with van der Waals surface area (Å²) in [6, 6.07) is 5.81. The van der Waals surface area contributed by atoms with Gasteiger partial charge in [0.15, 0.2) is 11.6 Å². The summed E-state index contributed by atoms with van der Waals surface area (Å²) >= 11 is 5.68. The maximum Gasteiger partial charge on any atom is 0.329 e. The Labute approximate surface area is 108 Å². The summed E-state index contributed by atoms with van der Waals surface area (Å²) in [5.74, 6) is -0.519. The number of hydrogen-bond donors (Lipinski definition) is 0. The van der Waals surface area contributed by atoms with E-state index in [9.17, 15) is 4.39 Å². The average molecular weight is 270 g/mol. The molecule has 7 heteroatoms. The number of benzene rings is 1. The fourth-order valence-electron chi connectivity index (χ4n) is 1.18. The summed E-state index contributed by atoms with van der Waals surface area (Å²) in [6.07, 6.45) is 0. The highest BCUT2D eigenvalue weighted by Crippen LogP contribution is 2.22. The second-order valence-corrected chi connectivity index (χ2v) is 3.47. The molecular weight excluding hydrogens is 261 g/mol. The molecule has 0 aliphatic carbocycles. The molecule has 0 saturated carbocycles. The van der Waals surface area contributed by atoms with Gasteiger partial charge in [-0.15, -0.1) is 4.98 Å². The van der Waals surface area contributed by atoms with Crippen molar-refractivity contribution < 1.29 is 13.9 Å². The molecule has 0 amide bonds. The van der Waals surface area contributed by atoms with Crippen LogP contribution in [-0.2, 0) is 0 Å². The van der Waals surface area contributed by atoms with Gasteiger partial charge in [0.25, 0.3) is 0 Å². The maximum absolute atomic E-state index is 13.4. The Balaban J connectivity index is 2.26. The Hall–Kier alpha value is -1.95. The van der Waals surface area contributed by atoms with E-state index in [0.717, 1.165) is 0 Å². The molecule has 0 atom stereocenters. The third-order valence-electron chi connectivity index (χ3n) is 1.88. The van der Waals surface area contributed by atoms with Crippen molar-refractivity contribution in [2.45, 2.75) is 6.92 Å². The Morgan fingerprint density at radius 2 is 1.89 bits per heavy atom. The monoisotopic (exact) mass is 269 g/mol. The van der Waals surface area contributed by atoms with Gasteiger partial charge in [-0.2, -0.15) is 9.97 Å². The number of halogens is 2. The zero-order chi connectivity index (χ0) is 13.0. The van der Waals surface area contributed by atoms with Crippen LogP contribution in [-0.4, -0.2) is 21.6 Å². The van der Waals surface area contributed by atoms with Crippen LogP contribution in [0.15, 0.2) is 24.3 Å². The lowest BCUT2D eigenvalue weighted by Gasteiger charge is -2.06. The van der Waals surface area contributed by atoms with Crippen molar-refractivity contribution in [2.24, 2.45) is 0 Å². The summed E-state index contributed by atoms with van der Waals surface area (Å²) in [4.78, 5) is 11.3. The van der Waals surface area contributed by atoms with E-state index < -0.39 is 5.82 Å². The highest BCUT2D eigenvalue weighted by Gasteiger charge is 2.10. The number of hydrogen-bond acceptors (Lipinski definition) is 5. The average Bonchev–Trinajstić information content (AvgIpc) is 2.32. The first kappa shape index (κ1) is 12.5. The molecule has 0 bridgehead atoms. The van der Waals surface area contributed by atoms with Crippen molar-refractivity contribution in [1.29, 1.82) is 0 Å². The molecule has 2 rings (SSSR count). The maximum atomic E-state index is 13.4. The fourth-order valence-corrected chi connectivity index (χ4v) is 1.32. The predicted octanol–water partition coefficient (Wildman–Crippen LogP) is 2.86. The molecule has 0 aliphatic heterocycles. The minimum atomic E-state index is -0.521.